The van der Waals surface area contributed by atoms with Crippen LogP contribution < -0.4 is 0 Å². The van der Waals surface area contributed by atoms with E-state index in [2.05, 4.69) is 5.10 Å². The van der Waals surface area contributed by atoms with E-state index in [9.17, 15) is 14.9 Å². The molecule has 20 heavy (non-hydrogen) atoms. The van der Waals surface area contributed by atoms with Crippen LogP contribution in [0.5, 0.6) is 0 Å². The number of carbonyl (C=O) groups is 1. The summed E-state index contributed by atoms with van der Waals surface area (Å²) in [4.78, 5) is 21.9. The van der Waals surface area contributed by atoms with Gasteiger partial charge in [-0.3, -0.25) is 14.9 Å². The zero-order chi connectivity index (χ0) is 14.9. The molecule has 0 N–H and O–H groups in total. The Morgan fingerprint density at radius 3 is 2.35 bits per heavy atom. The fourth-order valence-electron chi connectivity index (χ4n) is 2.23. The molecule has 0 saturated heterocycles. The predicted octanol–water partition coefficient (Wildman–Crippen LogP) is 2.85. The molecule has 104 valence electrons. The number of hydrogen-bond acceptors (Lipinski definition) is 4. The normalized spacial score (nSPS) is 10.6. The third-order valence-electron chi connectivity index (χ3n) is 3.18. The highest BCUT2D eigenvalue weighted by atomic mass is 16.6. The summed E-state index contributed by atoms with van der Waals surface area (Å²) in [6.07, 6.45) is 0.662. The molecule has 1 aromatic heterocycles. The van der Waals surface area contributed by atoms with Crippen LogP contribution in [0, 0.1) is 17.0 Å². The van der Waals surface area contributed by atoms with Crippen LogP contribution in [0.25, 0.3) is 5.69 Å². The van der Waals surface area contributed by atoms with Crippen LogP contribution in [0.2, 0.25) is 0 Å². The Hall–Kier alpha value is -2.50. The second-order valence-electron chi connectivity index (χ2n) is 4.50. The van der Waals surface area contributed by atoms with E-state index in [1.165, 1.54) is 19.1 Å². The Labute approximate surface area is 116 Å². The first kappa shape index (κ1) is 13.9. The number of rotatable bonds is 4. The number of nitro groups is 1. The molecule has 1 heterocycles. The van der Waals surface area contributed by atoms with Gasteiger partial charge < -0.3 is 0 Å². The second kappa shape index (κ2) is 5.24. The summed E-state index contributed by atoms with van der Waals surface area (Å²) >= 11 is 0. The molecule has 0 aliphatic carbocycles. The molecule has 0 bridgehead atoms. The number of aryl methyl sites for hydroxylation is 1. The summed E-state index contributed by atoms with van der Waals surface area (Å²) in [5.41, 5.74) is 2.86. The van der Waals surface area contributed by atoms with Crippen molar-refractivity contribution in [1.29, 1.82) is 0 Å². The highest BCUT2D eigenvalue weighted by Gasteiger charge is 2.18. The third-order valence-corrected chi connectivity index (χ3v) is 3.18. The van der Waals surface area contributed by atoms with Gasteiger partial charge in [-0.05, 0) is 32.4 Å². The van der Waals surface area contributed by atoms with Crippen LogP contribution in [0.15, 0.2) is 24.3 Å². The van der Waals surface area contributed by atoms with Gasteiger partial charge in [-0.25, -0.2) is 4.68 Å². The van der Waals surface area contributed by atoms with E-state index in [0.29, 0.717) is 17.7 Å². The molecule has 2 aromatic rings. The Morgan fingerprint density at radius 1 is 1.35 bits per heavy atom. The Balaban J connectivity index is 2.53. The average molecular weight is 273 g/mol. The maximum atomic E-state index is 11.7. The average Bonchev–Trinajstić information content (AvgIpc) is 2.75. The first-order valence-electron chi connectivity index (χ1n) is 6.30. The molecule has 0 radical (unpaired) electrons. The first-order chi connectivity index (χ1) is 9.45. The fourth-order valence-corrected chi connectivity index (χ4v) is 2.23. The first-order valence-corrected chi connectivity index (χ1v) is 6.30. The van der Waals surface area contributed by atoms with Crippen LogP contribution in [0.4, 0.5) is 5.69 Å². The van der Waals surface area contributed by atoms with Crippen LogP contribution >= 0.6 is 0 Å². The third kappa shape index (κ3) is 2.32. The van der Waals surface area contributed by atoms with Crippen molar-refractivity contribution in [2.24, 2.45) is 0 Å². The minimum Gasteiger partial charge on any atom is -0.294 e. The maximum Gasteiger partial charge on any atom is 0.269 e. The number of ketones is 1. The molecule has 0 aliphatic heterocycles. The lowest BCUT2D eigenvalue weighted by molar-refractivity contribution is -0.384. The Kier molecular flexibility index (Phi) is 3.65. The number of nitrogens with zero attached hydrogens (tertiary/aromatic N) is 3. The minimum absolute atomic E-state index is 0.0208. The van der Waals surface area contributed by atoms with E-state index in [1.54, 1.807) is 16.8 Å². The molecule has 0 aliphatic rings. The van der Waals surface area contributed by atoms with E-state index in [0.717, 1.165) is 11.4 Å². The van der Waals surface area contributed by atoms with Crippen molar-refractivity contribution >= 4 is 11.5 Å². The quantitative estimate of drug-likeness (QED) is 0.487. The van der Waals surface area contributed by atoms with E-state index in [-0.39, 0.29) is 11.5 Å². The van der Waals surface area contributed by atoms with Gasteiger partial charge in [0.15, 0.2) is 5.78 Å². The zero-order valence-electron chi connectivity index (χ0n) is 11.6. The van der Waals surface area contributed by atoms with E-state index in [4.69, 9.17) is 0 Å². The number of Topliss-reactive ketones (excluding diaryl/α,β-unsaturated/α-hetero) is 1. The molecule has 0 saturated carbocycles. The van der Waals surface area contributed by atoms with E-state index in [1.807, 2.05) is 13.8 Å². The molecule has 6 heteroatoms. The molecular weight excluding hydrogens is 258 g/mol. The van der Waals surface area contributed by atoms with Crippen molar-refractivity contribution in [1.82, 2.24) is 9.78 Å². The predicted molar refractivity (Wildman–Crippen MR) is 74.3 cm³/mol. The molecule has 0 spiro atoms. The smallest absolute Gasteiger partial charge is 0.269 e. The lowest BCUT2D eigenvalue weighted by Gasteiger charge is -2.04. The Bertz CT molecular complexity index is 672. The van der Waals surface area contributed by atoms with Gasteiger partial charge in [-0.2, -0.15) is 5.10 Å². The summed E-state index contributed by atoms with van der Waals surface area (Å²) in [7, 11) is 0. The highest BCUT2D eigenvalue weighted by molar-refractivity contribution is 5.96. The van der Waals surface area contributed by atoms with Crippen LogP contribution in [-0.4, -0.2) is 20.5 Å². The monoisotopic (exact) mass is 273 g/mol. The molecule has 0 unspecified atom stereocenters. The van der Waals surface area contributed by atoms with Gasteiger partial charge in [-0.15, -0.1) is 0 Å². The van der Waals surface area contributed by atoms with Gasteiger partial charge in [0.05, 0.1) is 27.6 Å². The van der Waals surface area contributed by atoms with Crippen LogP contribution in [0.1, 0.15) is 35.6 Å². The van der Waals surface area contributed by atoms with Crippen molar-refractivity contribution in [2.45, 2.75) is 27.2 Å². The van der Waals surface area contributed by atoms with Crippen molar-refractivity contribution in [2.75, 3.05) is 0 Å². The number of non-ortho nitro benzene ring substituents is 1. The summed E-state index contributed by atoms with van der Waals surface area (Å²) in [5, 5.41) is 15.1. The molecule has 0 atom stereocenters. The van der Waals surface area contributed by atoms with Crippen molar-refractivity contribution in [3.05, 3.63) is 51.3 Å². The fraction of sp³-hybridized carbons (Fsp3) is 0.286. The summed E-state index contributed by atoms with van der Waals surface area (Å²) in [6, 6.07) is 6.11. The van der Waals surface area contributed by atoms with Crippen molar-refractivity contribution in [3.63, 3.8) is 0 Å². The summed E-state index contributed by atoms with van der Waals surface area (Å²) in [6.45, 7) is 5.28. The van der Waals surface area contributed by atoms with Gasteiger partial charge in [0.1, 0.15) is 0 Å². The van der Waals surface area contributed by atoms with Gasteiger partial charge in [0, 0.05) is 12.1 Å². The lowest BCUT2D eigenvalue weighted by atomic mass is 10.1. The number of benzene rings is 1. The maximum absolute atomic E-state index is 11.7. The standard InChI is InChI=1S/C14H15N3O3/c1-4-13-14(10(3)18)9(2)16(15-13)11-5-7-12(8-6-11)17(19)20/h5-8H,4H2,1-3H3. The number of aromatic nitrogens is 2. The highest BCUT2D eigenvalue weighted by Crippen LogP contribution is 2.21. The van der Waals surface area contributed by atoms with Crippen LogP contribution in [-0.2, 0) is 6.42 Å². The Morgan fingerprint density at radius 2 is 1.95 bits per heavy atom. The molecule has 1 aromatic carbocycles. The summed E-state index contributed by atoms with van der Waals surface area (Å²) < 4.78 is 1.65. The molecular formula is C14H15N3O3. The van der Waals surface area contributed by atoms with Crippen molar-refractivity contribution < 1.29 is 9.72 Å². The number of carbonyl (C=O) groups excluding carboxylic acids is 1. The van der Waals surface area contributed by atoms with Gasteiger partial charge in [0.25, 0.3) is 5.69 Å². The summed E-state index contributed by atoms with van der Waals surface area (Å²) in [5.74, 6) is -0.0208. The van der Waals surface area contributed by atoms with Gasteiger partial charge >= 0.3 is 0 Å². The number of nitro benzene ring substituents is 1. The molecule has 0 fully saturated rings. The zero-order valence-corrected chi connectivity index (χ0v) is 11.6. The van der Waals surface area contributed by atoms with Crippen LogP contribution in [0.3, 0.4) is 0 Å². The topological polar surface area (TPSA) is 78.0 Å². The molecule has 2 rings (SSSR count). The van der Waals surface area contributed by atoms with E-state index >= 15 is 0 Å². The van der Waals surface area contributed by atoms with Crippen molar-refractivity contribution in [3.8, 4) is 5.69 Å². The van der Waals surface area contributed by atoms with Gasteiger partial charge in [-0.1, -0.05) is 6.92 Å². The molecule has 6 nitrogen and oxygen atoms in total. The minimum atomic E-state index is -0.446. The molecule has 0 amide bonds. The lowest BCUT2D eigenvalue weighted by Crippen LogP contribution is -2.01. The largest absolute Gasteiger partial charge is 0.294 e. The second-order valence-corrected chi connectivity index (χ2v) is 4.50. The number of hydrogen-bond donors (Lipinski definition) is 0. The van der Waals surface area contributed by atoms with E-state index < -0.39 is 4.92 Å². The van der Waals surface area contributed by atoms with Gasteiger partial charge in [0.2, 0.25) is 0 Å². The SMILES string of the molecule is CCc1nn(-c2ccc([N+](=O)[O-])cc2)c(C)c1C(C)=O.